The van der Waals surface area contributed by atoms with E-state index in [4.69, 9.17) is 21.6 Å². The SMILES string of the molecule is COCc1nc(Cc2cccc(Cl)c2)sc1C#N. The first kappa shape index (κ1) is 13.0. The van der Waals surface area contributed by atoms with Gasteiger partial charge in [0.15, 0.2) is 0 Å². The molecule has 18 heavy (non-hydrogen) atoms. The standard InChI is InChI=1S/C13H11ClN2OS/c1-17-8-11-12(7-15)18-13(16-11)6-9-3-2-4-10(14)5-9/h2-5H,6,8H2,1H3. The Morgan fingerprint density at radius 1 is 1.50 bits per heavy atom. The first-order valence-electron chi connectivity index (χ1n) is 5.35. The van der Waals surface area contributed by atoms with Gasteiger partial charge in [0.1, 0.15) is 10.9 Å². The van der Waals surface area contributed by atoms with Crippen LogP contribution in [-0.4, -0.2) is 12.1 Å². The van der Waals surface area contributed by atoms with Crippen LogP contribution in [0.5, 0.6) is 0 Å². The smallest absolute Gasteiger partial charge is 0.130 e. The number of hydrogen-bond donors (Lipinski definition) is 0. The number of thiazole rings is 1. The molecule has 0 atom stereocenters. The lowest BCUT2D eigenvalue weighted by molar-refractivity contribution is 0.181. The van der Waals surface area contributed by atoms with E-state index in [0.717, 1.165) is 10.6 Å². The molecule has 0 spiro atoms. The van der Waals surface area contributed by atoms with Crippen molar-refractivity contribution in [2.24, 2.45) is 0 Å². The van der Waals surface area contributed by atoms with Crippen LogP contribution >= 0.6 is 22.9 Å². The Hall–Kier alpha value is -1.41. The molecule has 0 N–H and O–H groups in total. The molecule has 0 aliphatic carbocycles. The maximum atomic E-state index is 9.01. The van der Waals surface area contributed by atoms with Gasteiger partial charge in [0.2, 0.25) is 0 Å². The van der Waals surface area contributed by atoms with Crippen molar-refractivity contribution < 1.29 is 4.74 Å². The zero-order valence-corrected chi connectivity index (χ0v) is 11.4. The normalized spacial score (nSPS) is 10.3. The van der Waals surface area contributed by atoms with E-state index in [0.29, 0.717) is 28.6 Å². The van der Waals surface area contributed by atoms with Crippen molar-refractivity contribution in [1.82, 2.24) is 4.98 Å². The van der Waals surface area contributed by atoms with Crippen molar-refractivity contribution in [2.45, 2.75) is 13.0 Å². The average molecular weight is 279 g/mol. The van der Waals surface area contributed by atoms with Crippen molar-refractivity contribution in [1.29, 1.82) is 5.26 Å². The van der Waals surface area contributed by atoms with Gasteiger partial charge in [-0.05, 0) is 17.7 Å². The van der Waals surface area contributed by atoms with Crippen molar-refractivity contribution in [3.8, 4) is 6.07 Å². The number of methoxy groups -OCH3 is 1. The van der Waals surface area contributed by atoms with E-state index in [9.17, 15) is 0 Å². The van der Waals surface area contributed by atoms with E-state index >= 15 is 0 Å². The molecule has 0 aliphatic rings. The lowest BCUT2D eigenvalue weighted by atomic mass is 10.2. The molecular formula is C13H11ClN2OS. The fourth-order valence-electron chi connectivity index (χ4n) is 1.62. The zero-order valence-electron chi connectivity index (χ0n) is 9.81. The van der Waals surface area contributed by atoms with Crippen molar-refractivity contribution >= 4 is 22.9 Å². The van der Waals surface area contributed by atoms with Crippen LogP contribution < -0.4 is 0 Å². The molecule has 1 heterocycles. The monoisotopic (exact) mass is 278 g/mol. The summed E-state index contributed by atoms with van der Waals surface area (Å²) < 4.78 is 5.02. The summed E-state index contributed by atoms with van der Waals surface area (Å²) in [5.41, 5.74) is 1.80. The Kier molecular flexibility index (Phi) is 4.32. The molecule has 0 aliphatic heterocycles. The highest BCUT2D eigenvalue weighted by Gasteiger charge is 2.11. The van der Waals surface area contributed by atoms with Gasteiger partial charge in [0, 0.05) is 18.6 Å². The van der Waals surface area contributed by atoms with Crippen LogP contribution in [0.25, 0.3) is 0 Å². The predicted molar refractivity (Wildman–Crippen MR) is 71.8 cm³/mol. The van der Waals surface area contributed by atoms with E-state index in [2.05, 4.69) is 11.1 Å². The van der Waals surface area contributed by atoms with Crippen LogP contribution in [-0.2, 0) is 17.8 Å². The third kappa shape index (κ3) is 3.08. The van der Waals surface area contributed by atoms with Gasteiger partial charge in [0.25, 0.3) is 0 Å². The van der Waals surface area contributed by atoms with E-state index < -0.39 is 0 Å². The topological polar surface area (TPSA) is 45.9 Å². The molecule has 5 heteroatoms. The van der Waals surface area contributed by atoms with Crippen LogP contribution in [0.2, 0.25) is 5.02 Å². The summed E-state index contributed by atoms with van der Waals surface area (Å²) in [5, 5.41) is 10.6. The fraction of sp³-hybridized carbons (Fsp3) is 0.231. The molecule has 0 bridgehead atoms. The maximum Gasteiger partial charge on any atom is 0.130 e. The van der Waals surface area contributed by atoms with Crippen LogP contribution in [0.3, 0.4) is 0 Å². The van der Waals surface area contributed by atoms with E-state index in [1.165, 1.54) is 11.3 Å². The largest absolute Gasteiger partial charge is 0.378 e. The van der Waals surface area contributed by atoms with Gasteiger partial charge in [-0.25, -0.2) is 4.98 Å². The summed E-state index contributed by atoms with van der Waals surface area (Å²) in [7, 11) is 1.59. The average Bonchev–Trinajstić information content (AvgIpc) is 2.72. The summed E-state index contributed by atoms with van der Waals surface area (Å²) in [6.45, 7) is 0.370. The lowest BCUT2D eigenvalue weighted by Gasteiger charge is -1.98. The van der Waals surface area contributed by atoms with Gasteiger partial charge in [-0.15, -0.1) is 11.3 Å². The molecule has 92 valence electrons. The molecule has 2 aromatic rings. The van der Waals surface area contributed by atoms with Gasteiger partial charge < -0.3 is 4.74 Å². The van der Waals surface area contributed by atoms with Crippen molar-refractivity contribution in [2.75, 3.05) is 7.11 Å². The summed E-state index contributed by atoms with van der Waals surface area (Å²) in [4.78, 5) is 5.04. The Bertz CT molecular complexity index is 589. The predicted octanol–water partition coefficient (Wildman–Crippen LogP) is 3.41. The first-order valence-corrected chi connectivity index (χ1v) is 6.54. The third-order valence-corrected chi connectivity index (χ3v) is 3.61. The Morgan fingerprint density at radius 3 is 3.00 bits per heavy atom. The fourth-order valence-corrected chi connectivity index (χ4v) is 2.73. The number of rotatable bonds is 4. The van der Waals surface area contributed by atoms with E-state index in [1.807, 2.05) is 24.3 Å². The summed E-state index contributed by atoms with van der Waals surface area (Å²) in [6.07, 6.45) is 0.684. The second-order valence-corrected chi connectivity index (χ2v) is 5.25. The van der Waals surface area contributed by atoms with Gasteiger partial charge in [-0.2, -0.15) is 5.26 Å². The molecule has 0 radical (unpaired) electrons. The molecule has 1 aromatic heterocycles. The van der Waals surface area contributed by atoms with Gasteiger partial charge in [-0.1, -0.05) is 23.7 Å². The van der Waals surface area contributed by atoms with E-state index in [1.54, 1.807) is 7.11 Å². The molecular weight excluding hydrogens is 268 g/mol. The minimum atomic E-state index is 0.370. The number of aromatic nitrogens is 1. The number of hydrogen-bond acceptors (Lipinski definition) is 4. The van der Waals surface area contributed by atoms with Gasteiger partial charge >= 0.3 is 0 Å². The number of benzene rings is 1. The second-order valence-electron chi connectivity index (χ2n) is 3.73. The third-order valence-electron chi connectivity index (χ3n) is 2.37. The minimum Gasteiger partial charge on any atom is -0.378 e. The summed E-state index contributed by atoms with van der Waals surface area (Å²) in [5.74, 6) is 0. The highest BCUT2D eigenvalue weighted by atomic mass is 35.5. The maximum absolute atomic E-state index is 9.01. The molecule has 0 saturated carbocycles. The first-order chi connectivity index (χ1) is 8.72. The number of nitrogens with zero attached hydrogens (tertiary/aromatic N) is 2. The second kappa shape index (κ2) is 5.96. The van der Waals surface area contributed by atoms with Crippen LogP contribution in [0.1, 0.15) is 21.1 Å². The number of ether oxygens (including phenoxy) is 1. The molecule has 2 rings (SSSR count). The van der Waals surface area contributed by atoms with Crippen molar-refractivity contribution in [3.63, 3.8) is 0 Å². The van der Waals surface area contributed by atoms with Crippen LogP contribution in [0, 0.1) is 11.3 Å². The van der Waals surface area contributed by atoms with Crippen LogP contribution in [0.15, 0.2) is 24.3 Å². The highest BCUT2D eigenvalue weighted by molar-refractivity contribution is 7.12. The Balaban J connectivity index is 2.22. The number of halogens is 1. The van der Waals surface area contributed by atoms with Gasteiger partial charge in [-0.3, -0.25) is 0 Å². The highest BCUT2D eigenvalue weighted by Crippen LogP contribution is 2.22. The van der Waals surface area contributed by atoms with E-state index in [-0.39, 0.29) is 0 Å². The van der Waals surface area contributed by atoms with Crippen LogP contribution in [0.4, 0.5) is 0 Å². The summed E-state index contributed by atoms with van der Waals surface area (Å²) >= 11 is 7.34. The lowest BCUT2D eigenvalue weighted by Crippen LogP contribution is -1.92. The van der Waals surface area contributed by atoms with Gasteiger partial charge in [0.05, 0.1) is 17.3 Å². The quantitative estimate of drug-likeness (QED) is 0.861. The zero-order chi connectivity index (χ0) is 13.0. The molecule has 0 unspecified atom stereocenters. The molecule has 0 saturated heterocycles. The number of nitriles is 1. The molecule has 3 nitrogen and oxygen atoms in total. The Morgan fingerprint density at radius 2 is 2.33 bits per heavy atom. The minimum absolute atomic E-state index is 0.370. The molecule has 1 aromatic carbocycles. The molecule has 0 amide bonds. The molecule has 0 fully saturated rings. The summed E-state index contributed by atoms with van der Waals surface area (Å²) in [6, 6.07) is 9.80. The van der Waals surface area contributed by atoms with Crippen molar-refractivity contribution in [3.05, 3.63) is 50.4 Å². The Labute approximate surface area is 115 Å².